The van der Waals surface area contributed by atoms with Crippen LogP contribution < -0.4 is 0 Å². The normalized spacial score (nSPS) is 20.7. The summed E-state index contributed by atoms with van der Waals surface area (Å²) in [4.78, 5) is 15.7. The lowest BCUT2D eigenvalue weighted by atomic mass is 9.86. The number of para-hydroxylation sites is 1. The van der Waals surface area contributed by atoms with Gasteiger partial charge in [0.1, 0.15) is 11.6 Å². The largest absolute Gasteiger partial charge is 0.342 e. The summed E-state index contributed by atoms with van der Waals surface area (Å²) in [5.74, 6) is 1.72. The van der Waals surface area contributed by atoms with Gasteiger partial charge in [0.2, 0.25) is 5.91 Å². The first kappa shape index (κ1) is 21.6. The number of hydrogen-bond acceptors (Lipinski definition) is 3. The summed E-state index contributed by atoms with van der Waals surface area (Å²) < 4.78 is 2.12. The van der Waals surface area contributed by atoms with Gasteiger partial charge < -0.3 is 4.90 Å². The molecule has 3 heterocycles. The van der Waals surface area contributed by atoms with E-state index in [2.05, 4.69) is 43.9 Å². The smallest absolute Gasteiger partial charge is 0.223 e. The van der Waals surface area contributed by atoms with Gasteiger partial charge in [-0.3, -0.25) is 9.36 Å². The Morgan fingerprint density at radius 2 is 1.82 bits per heavy atom. The lowest BCUT2D eigenvalue weighted by Gasteiger charge is -2.24. The predicted octanol–water partition coefficient (Wildman–Crippen LogP) is 5.94. The number of rotatable bonds is 3. The molecule has 3 aliphatic rings. The van der Waals surface area contributed by atoms with E-state index in [0.29, 0.717) is 16.9 Å². The van der Waals surface area contributed by atoms with Gasteiger partial charge in [-0.25, -0.2) is 0 Å². The van der Waals surface area contributed by atoms with Gasteiger partial charge in [-0.1, -0.05) is 60.9 Å². The first-order valence-corrected chi connectivity index (χ1v) is 12.7. The highest BCUT2D eigenvalue weighted by atomic mass is 35.5. The van der Waals surface area contributed by atoms with Crippen molar-refractivity contribution in [3.8, 4) is 5.69 Å². The standard InChI is InChI=1S/C28H29ClN4O/c1-19-30-31-27-21(17-26(34)32-15-14-28(18-32)12-4-5-13-28)16-24(20-8-10-22(29)11-9-20)23-6-2-3-7-25(23)33(19)27/h2-3,6-11,16,21H,4-5,12-15,17-18H2,1H3. The molecule has 2 aliphatic heterocycles. The summed E-state index contributed by atoms with van der Waals surface area (Å²) in [5.41, 5.74) is 4.70. The summed E-state index contributed by atoms with van der Waals surface area (Å²) in [6.07, 6.45) is 8.91. The third-order valence-corrected chi connectivity index (χ3v) is 8.24. The molecular weight excluding hydrogens is 444 g/mol. The fourth-order valence-corrected chi connectivity index (χ4v) is 6.33. The molecule has 174 valence electrons. The van der Waals surface area contributed by atoms with Crippen molar-refractivity contribution in [3.63, 3.8) is 0 Å². The fourth-order valence-electron chi connectivity index (χ4n) is 6.21. The quantitative estimate of drug-likeness (QED) is 0.474. The van der Waals surface area contributed by atoms with E-state index in [-0.39, 0.29) is 11.8 Å². The molecule has 1 atom stereocenters. The summed E-state index contributed by atoms with van der Waals surface area (Å²) >= 11 is 6.19. The number of fused-ring (bicyclic) bond motifs is 3. The minimum absolute atomic E-state index is 0.160. The molecule has 6 heteroatoms. The number of aryl methyl sites for hydroxylation is 1. The minimum atomic E-state index is -0.160. The van der Waals surface area contributed by atoms with Crippen molar-refractivity contribution in [1.29, 1.82) is 0 Å². The van der Waals surface area contributed by atoms with Crippen LogP contribution in [0.4, 0.5) is 0 Å². The topological polar surface area (TPSA) is 51.0 Å². The van der Waals surface area contributed by atoms with Crippen LogP contribution in [-0.4, -0.2) is 38.7 Å². The lowest BCUT2D eigenvalue weighted by Crippen LogP contribution is -2.32. The van der Waals surface area contributed by atoms with Crippen LogP contribution in [0.5, 0.6) is 0 Å². The van der Waals surface area contributed by atoms with Crippen molar-refractivity contribution in [2.75, 3.05) is 13.1 Å². The van der Waals surface area contributed by atoms with E-state index in [1.807, 2.05) is 37.3 Å². The Balaban J connectivity index is 1.40. The number of carbonyl (C=O) groups is 1. The summed E-state index contributed by atoms with van der Waals surface area (Å²) in [6, 6.07) is 16.3. The van der Waals surface area contributed by atoms with Crippen molar-refractivity contribution < 1.29 is 4.79 Å². The third-order valence-electron chi connectivity index (χ3n) is 7.99. The summed E-state index contributed by atoms with van der Waals surface area (Å²) in [7, 11) is 0. The van der Waals surface area contributed by atoms with Gasteiger partial charge in [-0.15, -0.1) is 10.2 Å². The van der Waals surface area contributed by atoms with E-state index in [4.69, 9.17) is 11.6 Å². The van der Waals surface area contributed by atoms with Crippen molar-refractivity contribution in [2.45, 2.75) is 51.4 Å². The average Bonchev–Trinajstić information content (AvgIpc) is 3.56. The van der Waals surface area contributed by atoms with Crippen LogP contribution in [0.1, 0.15) is 67.2 Å². The molecule has 34 heavy (non-hydrogen) atoms. The molecule has 1 spiro atoms. The van der Waals surface area contributed by atoms with Gasteiger partial charge in [-0.05, 0) is 60.9 Å². The predicted molar refractivity (Wildman–Crippen MR) is 134 cm³/mol. The molecule has 1 amide bonds. The number of nitrogens with zero attached hydrogens (tertiary/aromatic N) is 4. The van der Waals surface area contributed by atoms with Gasteiger partial charge in [0.15, 0.2) is 0 Å². The maximum atomic E-state index is 13.6. The summed E-state index contributed by atoms with van der Waals surface area (Å²) in [5, 5.41) is 9.68. The molecule has 0 radical (unpaired) electrons. The highest BCUT2D eigenvalue weighted by Gasteiger charge is 2.42. The van der Waals surface area contributed by atoms with Crippen molar-refractivity contribution in [1.82, 2.24) is 19.7 Å². The second-order valence-electron chi connectivity index (χ2n) is 10.1. The van der Waals surface area contributed by atoms with Crippen molar-refractivity contribution >= 4 is 23.1 Å². The Morgan fingerprint density at radius 1 is 1.06 bits per heavy atom. The number of aromatic nitrogens is 3. The van der Waals surface area contributed by atoms with E-state index >= 15 is 0 Å². The van der Waals surface area contributed by atoms with Crippen LogP contribution in [0.15, 0.2) is 54.6 Å². The van der Waals surface area contributed by atoms with E-state index < -0.39 is 0 Å². The van der Waals surface area contributed by atoms with Gasteiger partial charge >= 0.3 is 0 Å². The maximum Gasteiger partial charge on any atom is 0.223 e. The number of allylic oxidation sites excluding steroid dienone is 1. The number of amides is 1. The zero-order valence-corrected chi connectivity index (χ0v) is 20.3. The number of halogens is 1. The number of hydrogen-bond donors (Lipinski definition) is 0. The molecule has 1 aromatic heterocycles. The Morgan fingerprint density at radius 3 is 2.62 bits per heavy atom. The molecule has 1 saturated heterocycles. The van der Waals surface area contributed by atoms with Crippen LogP contribution in [0.2, 0.25) is 5.02 Å². The molecule has 5 nitrogen and oxygen atoms in total. The number of benzene rings is 2. The molecule has 1 aliphatic carbocycles. The first-order chi connectivity index (χ1) is 16.5. The average molecular weight is 473 g/mol. The van der Waals surface area contributed by atoms with E-state index in [0.717, 1.165) is 53.5 Å². The van der Waals surface area contributed by atoms with Crippen LogP contribution in [0.3, 0.4) is 0 Å². The lowest BCUT2D eigenvalue weighted by molar-refractivity contribution is -0.130. The van der Waals surface area contributed by atoms with Gasteiger partial charge in [0.25, 0.3) is 0 Å². The van der Waals surface area contributed by atoms with Crippen LogP contribution >= 0.6 is 11.6 Å². The summed E-state index contributed by atoms with van der Waals surface area (Å²) in [6.45, 7) is 3.77. The van der Waals surface area contributed by atoms with Gasteiger partial charge in [0, 0.05) is 36.0 Å². The Labute approximate surface area is 205 Å². The molecule has 3 aromatic rings. The van der Waals surface area contributed by atoms with Gasteiger partial charge in [0.05, 0.1) is 5.69 Å². The minimum Gasteiger partial charge on any atom is -0.342 e. The third kappa shape index (κ3) is 3.67. The molecule has 1 unspecified atom stereocenters. The van der Waals surface area contributed by atoms with E-state index in [1.165, 1.54) is 25.7 Å². The second kappa shape index (κ2) is 8.38. The van der Waals surface area contributed by atoms with Gasteiger partial charge in [-0.2, -0.15) is 0 Å². The van der Waals surface area contributed by atoms with Crippen LogP contribution in [0.25, 0.3) is 11.3 Å². The van der Waals surface area contributed by atoms with Crippen molar-refractivity contribution in [3.05, 3.63) is 82.4 Å². The SMILES string of the molecule is Cc1nnc2n1-c1ccccc1C(c1ccc(Cl)cc1)=CC2CC(=O)N1CCC2(CCCC2)C1. The Hall–Kier alpha value is -2.92. The van der Waals surface area contributed by atoms with Crippen molar-refractivity contribution in [2.24, 2.45) is 5.41 Å². The molecule has 6 rings (SSSR count). The fraction of sp³-hybridized carbons (Fsp3) is 0.393. The molecule has 2 aromatic carbocycles. The second-order valence-corrected chi connectivity index (χ2v) is 10.6. The molecule has 1 saturated carbocycles. The Kier molecular flexibility index (Phi) is 5.33. The maximum absolute atomic E-state index is 13.6. The molecule has 0 N–H and O–H groups in total. The zero-order valence-electron chi connectivity index (χ0n) is 19.5. The van der Waals surface area contributed by atoms with Crippen LogP contribution in [-0.2, 0) is 4.79 Å². The van der Waals surface area contributed by atoms with Crippen LogP contribution in [0, 0.1) is 12.3 Å². The molecular formula is C28H29ClN4O. The zero-order chi connectivity index (χ0) is 23.3. The monoisotopic (exact) mass is 472 g/mol. The first-order valence-electron chi connectivity index (χ1n) is 12.3. The van der Waals surface area contributed by atoms with E-state index in [9.17, 15) is 4.79 Å². The number of likely N-dealkylation sites (tertiary alicyclic amines) is 1. The number of carbonyl (C=O) groups excluding carboxylic acids is 1. The molecule has 0 bridgehead atoms. The Bertz CT molecular complexity index is 1270. The molecule has 2 fully saturated rings. The highest BCUT2D eigenvalue weighted by Crippen LogP contribution is 2.46. The highest BCUT2D eigenvalue weighted by molar-refractivity contribution is 6.30. The van der Waals surface area contributed by atoms with E-state index in [1.54, 1.807) is 0 Å².